The Morgan fingerprint density at radius 2 is 2.06 bits per heavy atom. The Bertz CT molecular complexity index is 585. The van der Waals surface area contributed by atoms with Gasteiger partial charge in [0, 0.05) is 6.54 Å². The molecule has 7 heteroatoms. The second-order valence-electron chi connectivity index (χ2n) is 4.06. The number of aromatic carboxylic acids is 1. The SMILES string of the molecule is O=C(O)c1cc(N2CCCCS2(=O)=O)ccc1F. The van der Waals surface area contributed by atoms with E-state index in [-0.39, 0.29) is 11.4 Å². The van der Waals surface area contributed by atoms with Crippen molar-refractivity contribution in [3.63, 3.8) is 0 Å². The van der Waals surface area contributed by atoms with E-state index in [1.807, 2.05) is 0 Å². The summed E-state index contributed by atoms with van der Waals surface area (Å²) in [4.78, 5) is 10.8. The van der Waals surface area contributed by atoms with Gasteiger partial charge in [0.05, 0.1) is 17.0 Å². The summed E-state index contributed by atoms with van der Waals surface area (Å²) in [5.74, 6) is -2.25. The van der Waals surface area contributed by atoms with Gasteiger partial charge in [0.15, 0.2) is 0 Å². The van der Waals surface area contributed by atoms with Crippen molar-refractivity contribution < 1.29 is 22.7 Å². The Labute approximate surface area is 104 Å². The molecule has 1 aromatic carbocycles. The zero-order valence-electron chi connectivity index (χ0n) is 9.47. The zero-order valence-corrected chi connectivity index (χ0v) is 10.3. The Morgan fingerprint density at radius 3 is 2.67 bits per heavy atom. The third-order valence-electron chi connectivity index (χ3n) is 2.82. The van der Waals surface area contributed by atoms with Crippen LogP contribution in [0.3, 0.4) is 0 Å². The topological polar surface area (TPSA) is 74.7 Å². The third kappa shape index (κ3) is 2.31. The van der Waals surface area contributed by atoms with Gasteiger partial charge >= 0.3 is 5.97 Å². The van der Waals surface area contributed by atoms with Crippen molar-refractivity contribution in [1.82, 2.24) is 0 Å². The first kappa shape index (κ1) is 12.8. The average molecular weight is 273 g/mol. The van der Waals surface area contributed by atoms with Crippen molar-refractivity contribution in [3.8, 4) is 0 Å². The highest BCUT2D eigenvalue weighted by atomic mass is 32.2. The van der Waals surface area contributed by atoms with Gasteiger partial charge in [-0.2, -0.15) is 0 Å². The maximum Gasteiger partial charge on any atom is 0.338 e. The molecule has 1 fully saturated rings. The number of sulfonamides is 1. The van der Waals surface area contributed by atoms with Gasteiger partial charge in [0.25, 0.3) is 0 Å². The number of halogens is 1. The van der Waals surface area contributed by atoms with Crippen molar-refractivity contribution >= 4 is 21.7 Å². The second-order valence-corrected chi connectivity index (χ2v) is 6.08. The number of carbonyl (C=O) groups is 1. The number of anilines is 1. The fraction of sp³-hybridized carbons (Fsp3) is 0.364. The molecule has 5 nitrogen and oxygen atoms in total. The molecule has 1 aliphatic heterocycles. The molecule has 0 unspecified atom stereocenters. The van der Waals surface area contributed by atoms with E-state index in [9.17, 15) is 17.6 Å². The van der Waals surface area contributed by atoms with E-state index >= 15 is 0 Å². The summed E-state index contributed by atoms with van der Waals surface area (Å²) < 4.78 is 38.0. The van der Waals surface area contributed by atoms with Gasteiger partial charge in [-0.05, 0) is 31.0 Å². The highest BCUT2D eigenvalue weighted by molar-refractivity contribution is 7.92. The van der Waals surface area contributed by atoms with Gasteiger partial charge in [-0.1, -0.05) is 0 Å². The highest BCUT2D eigenvalue weighted by Crippen LogP contribution is 2.25. The third-order valence-corrected chi connectivity index (χ3v) is 4.69. The summed E-state index contributed by atoms with van der Waals surface area (Å²) in [6.45, 7) is 0.299. The van der Waals surface area contributed by atoms with Gasteiger partial charge in [0.1, 0.15) is 5.82 Å². The maximum absolute atomic E-state index is 13.2. The van der Waals surface area contributed by atoms with Gasteiger partial charge < -0.3 is 5.11 Å². The van der Waals surface area contributed by atoms with Crippen LogP contribution in [-0.4, -0.2) is 31.8 Å². The van der Waals surface area contributed by atoms with E-state index in [0.717, 1.165) is 16.4 Å². The van der Waals surface area contributed by atoms with Crippen LogP contribution in [0.25, 0.3) is 0 Å². The molecule has 0 spiro atoms. The maximum atomic E-state index is 13.2. The number of carboxylic acid groups (broad SMARTS) is 1. The molecule has 1 N–H and O–H groups in total. The molecular weight excluding hydrogens is 261 g/mol. The summed E-state index contributed by atoms with van der Waals surface area (Å²) in [7, 11) is -3.41. The predicted octanol–water partition coefficient (Wildman–Crippen LogP) is 1.45. The predicted molar refractivity (Wildman–Crippen MR) is 63.7 cm³/mol. The minimum Gasteiger partial charge on any atom is -0.478 e. The van der Waals surface area contributed by atoms with Gasteiger partial charge in [0.2, 0.25) is 10.0 Å². The smallest absolute Gasteiger partial charge is 0.338 e. The monoisotopic (exact) mass is 273 g/mol. The molecule has 0 saturated carbocycles. The number of carboxylic acids is 1. The lowest BCUT2D eigenvalue weighted by Gasteiger charge is -2.28. The molecule has 2 rings (SSSR count). The highest BCUT2D eigenvalue weighted by Gasteiger charge is 2.27. The number of benzene rings is 1. The largest absolute Gasteiger partial charge is 0.478 e. The molecular formula is C11H12FNO4S. The summed E-state index contributed by atoms with van der Waals surface area (Å²) >= 11 is 0. The lowest BCUT2D eigenvalue weighted by molar-refractivity contribution is 0.0692. The molecule has 98 valence electrons. The van der Waals surface area contributed by atoms with E-state index in [1.54, 1.807) is 0 Å². The number of hydrogen-bond donors (Lipinski definition) is 1. The summed E-state index contributed by atoms with van der Waals surface area (Å²) in [5, 5.41) is 8.81. The van der Waals surface area contributed by atoms with E-state index in [2.05, 4.69) is 0 Å². The van der Waals surface area contributed by atoms with Crippen molar-refractivity contribution in [2.75, 3.05) is 16.6 Å². The molecule has 1 saturated heterocycles. The van der Waals surface area contributed by atoms with E-state index in [0.29, 0.717) is 19.4 Å². The lowest BCUT2D eigenvalue weighted by Crippen LogP contribution is -2.37. The van der Waals surface area contributed by atoms with Crippen molar-refractivity contribution in [3.05, 3.63) is 29.6 Å². The molecule has 1 aliphatic rings. The van der Waals surface area contributed by atoms with Gasteiger partial charge in [-0.3, -0.25) is 4.31 Å². The van der Waals surface area contributed by atoms with Crippen molar-refractivity contribution in [2.45, 2.75) is 12.8 Å². The molecule has 0 aliphatic carbocycles. The number of nitrogens with zero attached hydrogens (tertiary/aromatic N) is 1. The molecule has 0 radical (unpaired) electrons. The standard InChI is InChI=1S/C11H12FNO4S/c12-10-4-3-8(7-9(10)11(14)15)13-5-1-2-6-18(13,16)17/h3-4,7H,1-2,5-6H2,(H,14,15). The van der Waals surface area contributed by atoms with Crippen LogP contribution in [0.15, 0.2) is 18.2 Å². The molecule has 0 atom stereocenters. The van der Waals surface area contributed by atoms with Crippen LogP contribution in [0, 0.1) is 5.82 Å². The van der Waals surface area contributed by atoms with Crippen LogP contribution in [0.5, 0.6) is 0 Å². The molecule has 0 amide bonds. The normalized spacial score (nSPS) is 18.6. The molecule has 1 heterocycles. The van der Waals surface area contributed by atoms with E-state index in [4.69, 9.17) is 5.11 Å². The minimum atomic E-state index is -3.41. The second kappa shape index (κ2) is 4.56. The van der Waals surface area contributed by atoms with Crippen molar-refractivity contribution in [2.24, 2.45) is 0 Å². The fourth-order valence-corrected chi connectivity index (χ4v) is 3.54. The quantitative estimate of drug-likeness (QED) is 0.885. The van der Waals surface area contributed by atoms with Crippen LogP contribution in [-0.2, 0) is 10.0 Å². The van der Waals surface area contributed by atoms with Crippen LogP contribution in [0.4, 0.5) is 10.1 Å². The molecule has 1 aromatic rings. The molecule has 18 heavy (non-hydrogen) atoms. The summed E-state index contributed by atoms with van der Waals surface area (Å²) in [5.41, 5.74) is -0.318. The minimum absolute atomic E-state index is 0.0345. The van der Waals surface area contributed by atoms with Gasteiger partial charge in [-0.15, -0.1) is 0 Å². The fourth-order valence-electron chi connectivity index (χ4n) is 1.91. The van der Waals surface area contributed by atoms with Crippen LogP contribution in [0.1, 0.15) is 23.2 Å². The Hall–Kier alpha value is -1.63. The number of rotatable bonds is 2. The Morgan fingerprint density at radius 1 is 1.33 bits per heavy atom. The first-order chi connectivity index (χ1) is 8.42. The van der Waals surface area contributed by atoms with Crippen LogP contribution in [0.2, 0.25) is 0 Å². The van der Waals surface area contributed by atoms with E-state index < -0.39 is 27.4 Å². The average Bonchev–Trinajstić information content (AvgIpc) is 2.29. The van der Waals surface area contributed by atoms with Crippen molar-refractivity contribution in [1.29, 1.82) is 0 Å². The van der Waals surface area contributed by atoms with Gasteiger partial charge in [-0.25, -0.2) is 17.6 Å². The van der Waals surface area contributed by atoms with Crippen LogP contribution < -0.4 is 4.31 Å². The Kier molecular flexibility index (Phi) is 3.25. The van der Waals surface area contributed by atoms with Crippen LogP contribution >= 0.6 is 0 Å². The Balaban J connectivity index is 2.45. The molecule has 0 bridgehead atoms. The summed E-state index contributed by atoms with van der Waals surface area (Å²) in [6.07, 6.45) is 1.30. The first-order valence-electron chi connectivity index (χ1n) is 5.45. The van der Waals surface area contributed by atoms with E-state index in [1.165, 1.54) is 6.07 Å². The summed E-state index contributed by atoms with van der Waals surface area (Å²) in [6, 6.07) is 3.31. The first-order valence-corrected chi connectivity index (χ1v) is 7.06. The lowest BCUT2D eigenvalue weighted by atomic mass is 10.2. The molecule has 0 aromatic heterocycles. The number of hydrogen-bond acceptors (Lipinski definition) is 3. The zero-order chi connectivity index (χ0) is 13.3.